The molecule has 6 nitrogen and oxygen atoms in total. The van der Waals surface area contributed by atoms with Gasteiger partial charge in [0, 0.05) is 20.1 Å². The molecule has 1 saturated carbocycles. The van der Waals surface area contributed by atoms with Crippen molar-refractivity contribution in [3.05, 3.63) is 0 Å². The summed E-state index contributed by atoms with van der Waals surface area (Å²) in [5, 5.41) is 2.97. The maximum Gasteiger partial charge on any atom is 0.323 e. The summed E-state index contributed by atoms with van der Waals surface area (Å²) in [5.74, 6) is 1.89. The molecule has 0 atom stereocenters. The minimum absolute atomic E-state index is 0.429. The number of hydrogen-bond donors (Lipinski definition) is 1. The van der Waals surface area contributed by atoms with Gasteiger partial charge in [0.25, 0.3) is 0 Å². The second kappa shape index (κ2) is 7.26. The third-order valence-electron chi connectivity index (χ3n) is 3.80. The molecule has 1 aliphatic rings. The van der Waals surface area contributed by atoms with E-state index in [9.17, 15) is 0 Å². The van der Waals surface area contributed by atoms with Gasteiger partial charge in [-0.15, -0.1) is 0 Å². The first-order valence-corrected chi connectivity index (χ1v) is 7.58. The molecule has 0 unspecified atom stereocenters. The molecule has 6 heteroatoms. The molecule has 0 saturated heterocycles. The molecule has 1 aliphatic carbocycles. The maximum atomic E-state index is 5.78. The van der Waals surface area contributed by atoms with E-state index in [0.717, 1.165) is 13.1 Å². The Morgan fingerprint density at radius 1 is 1.15 bits per heavy atom. The van der Waals surface area contributed by atoms with Crippen molar-refractivity contribution in [1.29, 1.82) is 0 Å². The molecule has 1 N–H and O–H groups in total. The molecule has 0 radical (unpaired) electrons. The molecule has 1 aromatic rings. The topological polar surface area (TPSA) is 63.2 Å². The summed E-state index contributed by atoms with van der Waals surface area (Å²) in [5.41, 5.74) is 0. The number of ether oxygens (including phenoxy) is 1. The van der Waals surface area contributed by atoms with Gasteiger partial charge in [0.2, 0.25) is 11.9 Å². The van der Waals surface area contributed by atoms with Crippen LogP contribution in [0.4, 0.5) is 11.9 Å². The lowest BCUT2D eigenvalue weighted by molar-refractivity contribution is 0.234. The second-order valence-electron chi connectivity index (χ2n) is 5.13. The van der Waals surface area contributed by atoms with Crippen LogP contribution in [0, 0.1) is 5.92 Å². The average molecular weight is 279 g/mol. The van der Waals surface area contributed by atoms with E-state index in [0.29, 0.717) is 30.4 Å². The van der Waals surface area contributed by atoms with Gasteiger partial charge < -0.3 is 15.0 Å². The van der Waals surface area contributed by atoms with E-state index in [4.69, 9.17) is 4.74 Å². The highest BCUT2D eigenvalue weighted by Gasteiger charge is 2.17. The minimum Gasteiger partial charge on any atom is -0.463 e. The molecular weight excluding hydrogens is 254 g/mol. The zero-order valence-electron chi connectivity index (χ0n) is 12.7. The molecule has 0 aromatic carbocycles. The van der Waals surface area contributed by atoms with Gasteiger partial charge in [-0.2, -0.15) is 15.0 Å². The van der Waals surface area contributed by atoms with Gasteiger partial charge in [-0.3, -0.25) is 0 Å². The molecule has 2 rings (SSSR count). The SMILES string of the molecule is CCN(CC)c1nc(NC)nc(OCC2CCCC2)n1. The fraction of sp³-hybridized carbons (Fsp3) is 0.786. The fourth-order valence-corrected chi connectivity index (χ4v) is 2.54. The number of rotatable bonds is 7. The zero-order chi connectivity index (χ0) is 14.4. The first-order valence-electron chi connectivity index (χ1n) is 7.58. The Kier molecular flexibility index (Phi) is 5.38. The average Bonchev–Trinajstić information content (AvgIpc) is 2.99. The highest BCUT2D eigenvalue weighted by atomic mass is 16.5. The highest BCUT2D eigenvalue weighted by Crippen LogP contribution is 2.25. The van der Waals surface area contributed by atoms with Crippen LogP contribution in [0.25, 0.3) is 0 Å². The molecule has 20 heavy (non-hydrogen) atoms. The van der Waals surface area contributed by atoms with Crippen LogP contribution in [-0.2, 0) is 0 Å². The first-order chi connectivity index (χ1) is 9.76. The van der Waals surface area contributed by atoms with Crippen LogP contribution < -0.4 is 15.0 Å². The molecule has 112 valence electrons. The Morgan fingerprint density at radius 2 is 1.85 bits per heavy atom. The molecule has 0 spiro atoms. The van der Waals surface area contributed by atoms with Crippen molar-refractivity contribution < 1.29 is 4.74 Å². The van der Waals surface area contributed by atoms with Crippen molar-refractivity contribution in [3.63, 3.8) is 0 Å². The number of nitrogens with zero attached hydrogens (tertiary/aromatic N) is 4. The quantitative estimate of drug-likeness (QED) is 0.826. The minimum atomic E-state index is 0.429. The van der Waals surface area contributed by atoms with Crippen molar-refractivity contribution in [2.75, 3.05) is 37.0 Å². The summed E-state index contributed by atoms with van der Waals surface area (Å²) in [6, 6.07) is 0.429. The van der Waals surface area contributed by atoms with Crippen LogP contribution >= 0.6 is 0 Å². The smallest absolute Gasteiger partial charge is 0.323 e. The van der Waals surface area contributed by atoms with Crippen molar-refractivity contribution in [2.24, 2.45) is 5.92 Å². The van der Waals surface area contributed by atoms with Gasteiger partial charge in [0.15, 0.2) is 0 Å². The van der Waals surface area contributed by atoms with Gasteiger partial charge in [0.05, 0.1) is 6.61 Å². The number of nitrogens with one attached hydrogen (secondary N) is 1. The maximum absolute atomic E-state index is 5.78. The summed E-state index contributed by atoms with van der Waals surface area (Å²) in [6.07, 6.45) is 5.15. The van der Waals surface area contributed by atoms with E-state index in [-0.39, 0.29) is 0 Å². The fourth-order valence-electron chi connectivity index (χ4n) is 2.54. The number of aromatic nitrogens is 3. The normalized spacial score (nSPS) is 15.3. The van der Waals surface area contributed by atoms with Gasteiger partial charge >= 0.3 is 6.01 Å². The van der Waals surface area contributed by atoms with Gasteiger partial charge in [-0.05, 0) is 32.6 Å². The van der Waals surface area contributed by atoms with Crippen LogP contribution in [0.2, 0.25) is 0 Å². The number of anilines is 2. The lowest BCUT2D eigenvalue weighted by atomic mass is 10.1. The molecule has 1 aromatic heterocycles. The monoisotopic (exact) mass is 279 g/mol. The van der Waals surface area contributed by atoms with Crippen molar-refractivity contribution in [3.8, 4) is 6.01 Å². The highest BCUT2D eigenvalue weighted by molar-refractivity contribution is 5.37. The van der Waals surface area contributed by atoms with E-state index >= 15 is 0 Å². The Hall–Kier alpha value is -1.59. The van der Waals surface area contributed by atoms with E-state index in [1.807, 2.05) is 7.05 Å². The Morgan fingerprint density at radius 3 is 2.45 bits per heavy atom. The molecular formula is C14H25N5O. The van der Waals surface area contributed by atoms with Crippen molar-refractivity contribution >= 4 is 11.9 Å². The Bertz CT molecular complexity index is 416. The molecule has 0 bridgehead atoms. The number of hydrogen-bond acceptors (Lipinski definition) is 6. The molecule has 0 amide bonds. The lowest BCUT2D eigenvalue weighted by Crippen LogP contribution is -2.25. The second-order valence-corrected chi connectivity index (χ2v) is 5.13. The summed E-state index contributed by atoms with van der Waals surface area (Å²) in [6.45, 7) is 6.62. The van der Waals surface area contributed by atoms with E-state index in [1.165, 1.54) is 25.7 Å². The van der Waals surface area contributed by atoms with E-state index in [1.54, 1.807) is 0 Å². The van der Waals surface area contributed by atoms with Crippen LogP contribution in [0.1, 0.15) is 39.5 Å². The van der Waals surface area contributed by atoms with E-state index in [2.05, 4.69) is 39.0 Å². The zero-order valence-corrected chi connectivity index (χ0v) is 12.7. The van der Waals surface area contributed by atoms with Gasteiger partial charge in [0.1, 0.15) is 0 Å². The lowest BCUT2D eigenvalue weighted by Gasteiger charge is -2.19. The van der Waals surface area contributed by atoms with Gasteiger partial charge in [-0.1, -0.05) is 12.8 Å². The van der Waals surface area contributed by atoms with Crippen LogP contribution in [0.15, 0.2) is 0 Å². The third kappa shape index (κ3) is 3.71. The predicted molar refractivity (Wildman–Crippen MR) is 80.4 cm³/mol. The summed E-state index contributed by atoms with van der Waals surface area (Å²) < 4.78 is 5.78. The van der Waals surface area contributed by atoms with Crippen LogP contribution in [0.3, 0.4) is 0 Å². The third-order valence-corrected chi connectivity index (χ3v) is 3.80. The van der Waals surface area contributed by atoms with Crippen LogP contribution in [0.5, 0.6) is 6.01 Å². The largest absolute Gasteiger partial charge is 0.463 e. The molecule has 1 heterocycles. The van der Waals surface area contributed by atoms with Crippen LogP contribution in [-0.4, -0.2) is 41.7 Å². The Balaban J connectivity index is 2.08. The van der Waals surface area contributed by atoms with Crippen molar-refractivity contribution in [2.45, 2.75) is 39.5 Å². The predicted octanol–water partition coefficient (Wildman–Crippen LogP) is 2.33. The summed E-state index contributed by atoms with van der Waals surface area (Å²) in [7, 11) is 1.81. The first kappa shape index (κ1) is 14.8. The summed E-state index contributed by atoms with van der Waals surface area (Å²) >= 11 is 0. The standard InChI is InChI=1S/C14H25N5O/c1-4-19(5-2)13-16-12(15-3)17-14(18-13)20-10-11-8-6-7-9-11/h11H,4-10H2,1-3H3,(H,15,16,17,18). The molecule has 1 fully saturated rings. The Labute approximate surface area is 121 Å². The summed E-state index contributed by atoms with van der Waals surface area (Å²) in [4.78, 5) is 15.2. The molecule has 0 aliphatic heterocycles. The van der Waals surface area contributed by atoms with Crippen molar-refractivity contribution in [1.82, 2.24) is 15.0 Å². The van der Waals surface area contributed by atoms with Gasteiger partial charge in [-0.25, -0.2) is 0 Å². The van der Waals surface area contributed by atoms with E-state index < -0.39 is 0 Å².